The highest BCUT2D eigenvalue weighted by atomic mass is 16.3. The zero-order valence-corrected chi connectivity index (χ0v) is 17.6. The molecular formula is C21H31N5O4. The number of aromatic hydroxyl groups is 1. The number of carbonyl (C=O) groups is 3. The van der Waals surface area contributed by atoms with Crippen LogP contribution in [0.15, 0.2) is 23.2 Å². The molecule has 2 rings (SSSR count). The minimum Gasteiger partial charge on any atom is -0.508 e. The molecule has 0 bridgehead atoms. The molecule has 1 aromatic carbocycles. The average molecular weight is 418 g/mol. The van der Waals surface area contributed by atoms with Gasteiger partial charge in [-0.1, -0.05) is 19.4 Å². The molecule has 9 heteroatoms. The van der Waals surface area contributed by atoms with E-state index >= 15 is 0 Å². The fraction of sp³-hybridized carbons (Fsp3) is 0.524. The van der Waals surface area contributed by atoms with Crippen LogP contribution in [0.5, 0.6) is 5.75 Å². The summed E-state index contributed by atoms with van der Waals surface area (Å²) in [5.41, 5.74) is 7.27. The summed E-state index contributed by atoms with van der Waals surface area (Å²) in [7, 11) is 0. The second-order valence-corrected chi connectivity index (χ2v) is 7.58. The summed E-state index contributed by atoms with van der Waals surface area (Å²) in [5, 5.41) is 18.0. The monoisotopic (exact) mass is 417 g/mol. The second-order valence-electron chi connectivity index (χ2n) is 7.58. The Hall–Kier alpha value is -3.10. The normalized spacial score (nSPS) is 19.6. The number of hydrogen-bond acceptors (Lipinski definition) is 6. The van der Waals surface area contributed by atoms with E-state index in [4.69, 9.17) is 5.73 Å². The molecule has 0 saturated heterocycles. The molecule has 1 aliphatic heterocycles. The Labute approximate surface area is 176 Å². The summed E-state index contributed by atoms with van der Waals surface area (Å²) >= 11 is 0. The number of hydrogen-bond donors (Lipinski definition) is 5. The van der Waals surface area contributed by atoms with E-state index in [-0.39, 0.29) is 30.2 Å². The molecule has 1 aliphatic rings. The topological polar surface area (TPSA) is 146 Å². The largest absolute Gasteiger partial charge is 0.508 e. The number of aliphatic imine (C=N–C) groups is 1. The maximum Gasteiger partial charge on any atom is 0.244 e. The number of nitrogens with one attached hydrogen (secondary N) is 3. The SMILES string of the molecule is CCC[C@H](NC(=O)CNC(=O)[C@@H](C)/N=C/CC1c2ccc(O)cc2NC1C)C(N)=O. The lowest BCUT2D eigenvalue weighted by atomic mass is 9.93. The summed E-state index contributed by atoms with van der Waals surface area (Å²) in [4.78, 5) is 39.7. The van der Waals surface area contributed by atoms with Gasteiger partial charge in [0.1, 0.15) is 17.8 Å². The van der Waals surface area contributed by atoms with Gasteiger partial charge in [-0.05, 0) is 38.3 Å². The van der Waals surface area contributed by atoms with Crippen molar-refractivity contribution in [3.05, 3.63) is 23.8 Å². The number of amides is 3. The zero-order chi connectivity index (χ0) is 22.3. The summed E-state index contributed by atoms with van der Waals surface area (Å²) in [6, 6.07) is 4.06. The lowest BCUT2D eigenvalue weighted by Crippen LogP contribution is -2.48. The standard InChI is InChI=1S/C21H31N5O4/c1-4-5-17(20(22)29)26-19(28)11-24-21(30)13(3)23-9-8-15-12(2)25-18-10-14(27)6-7-16(15)18/h6-7,9-10,12-13,15,17,25,27H,4-5,8,11H2,1-3H3,(H2,22,29)(H,24,30)(H,26,28)/b23-9+/t12?,13-,15?,17+/m1/s1. The van der Waals surface area contributed by atoms with Gasteiger partial charge in [0.05, 0.1) is 6.54 Å². The van der Waals surface area contributed by atoms with Crippen molar-refractivity contribution in [2.24, 2.45) is 10.7 Å². The van der Waals surface area contributed by atoms with Crippen LogP contribution in [0, 0.1) is 0 Å². The van der Waals surface area contributed by atoms with Crippen LogP contribution < -0.4 is 21.7 Å². The van der Waals surface area contributed by atoms with Crippen molar-refractivity contribution in [2.75, 3.05) is 11.9 Å². The fourth-order valence-corrected chi connectivity index (χ4v) is 3.47. The zero-order valence-electron chi connectivity index (χ0n) is 17.6. The molecule has 2 unspecified atom stereocenters. The first kappa shape index (κ1) is 23.2. The van der Waals surface area contributed by atoms with Gasteiger partial charge < -0.3 is 26.8 Å². The molecule has 0 aliphatic carbocycles. The summed E-state index contributed by atoms with van der Waals surface area (Å²) in [6.07, 6.45) is 3.51. The van der Waals surface area contributed by atoms with Crippen molar-refractivity contribution in [3.8, 4) is 5.75 Å². The van der Waals surface area contributed by atoms with Crippen molar-refractivity contribution in [3.63, 3.8) is 0 Å². The molecule has 3 amide bonds. The van der Waals surface area contributed by atoms with Crippen LogP contribution in [0.4, 0.5) is 5.69 Å². The van der Waals surface area contributed by atoms with Crippen LogP contribution in [0.2, 0.25) is 0 Å². The molecule has 1 heterocycles. The molecule has 1 aromatic rings. The van der Waals surface area contributed by atoms with Gasteiger partial charge in [0, 0.05) is 29.9 Å². The number of anilines is 1. The average Bonchev–Trinajstić information content (AvgIpc) is 2.99. The van der Waals surface area contributed by atoms with Crippen LogP contribution in [0.3, 0.4) is 0 Å². The first-order chi connectivity index (χ1) is 14.2. The summed E-state index contributed by atoms with van der Waals surface area (Å²) in [6.45, 7) is 5.35. The van der Waals surface area contributed by atoms with Crippen molar-refractivity contribution in [1.29, 1.82) is 0 Å². The van der Waals surface area contributed by atoms with Gasteiger partial charge in [-0.15, -0.1) is 0 Å². The summed E-state index contributed by atoms with van der Waals surface area (Å²) in [5.74, 6) is -1.04. The number of rotatable bonds is 10. The fourth-order valence-electron chi connectivity index (χ4n) is 3.47. The maximum atomic E-state index is 12.2. The Balaban J connectivity index is 1.81. The number of primary amides is 1. The van der Waals surface area contributed by atoms with Crippen LogP contribution in [0.1, 0.15) is 51.5 Å². The minimum absolute atomic E-state index is 0.183. The number of fused-ring (bicyclic) bond motifs is 1. The van der Waals surface area contributed by atoms with Gasteiger partial charge in [-0.2, -0.15) is 0 Å². The van der Waals surface area contributed by atoms with Crippen LogP contribution in [-0.2, 0) is 14.4 Å². The molecular weight excluding hydrogens is 386 g/mol. The number of nitrogens with two attached hydrogens (primary N) is 1. The van der Waals surface area contributed by atoms with E-state index in [1.807, 2.05) is 13.0 Å². The first-order valence-electron chi connectivity index (χ1n) is 10.2. The van der Waals surface area contributed by atoms with Gasteiger partial charge in [0.25, 0.3) is 0 Å². The molecule has 164 valence electrons. The molecule has 0 aromatic heterocycles. The van der Waals surface area contributed by atoms with Gasteiger partial charge >= 0.3 is 0 Å². The lowest BCUT2D eigenvalue weighted by Gasteiger charge is -2.15. The molecule has 0 saturated carbocycles. The number of phenols is 1. The Kier molecular flexibility index (Phi) is 8.20. The molecule has 4 atom stereocenters. The van der Waals surface area contributed by atoms with E-state index in [1.165, 1.54) is 0 Å². The number of carbonyl (C=O) groups excluding carboxylic acids is 3. The van der Waals surface area contributed by atoms with Crippen LogP contribution >= 0.6 is 0 Å². The van der Waals surface area contributed by atoms with E-state index in [0.717, 1.165) is 11.3 Å². The smallest absolute Gasteiger partial charge is 0.244 e. The van der Waals surface area contributed by atoms with Crippen molar-refractivity contribution in [1.82, 2.24) is 10.6 Å². The van der Waals surface area contributed by atoms with Crippen molar-refractivity contribution < 1.29 is 19.5 Å². The highest BCUT2D eigenvalue weighted by molar-refractivity contribution is 5.90. The molecule has 0 radical (unpaired) electrons. The molecule has 30 heavy (non-hydrogen) atoms. The van der Waals surface area contributed by atoms with Crippen molar-refractivity contribution in [2.45, 2.75) is 64.1 Å². The third-order valence-corrected chi connectivity index (χ3v) is 5.17. The minimum atomic E-state index is -0.735. The molecule has 9 nitrogen and oxygen atoms in total. The van der Waals surface area contributed by atoms with Gasteiger partial charge in [-0.25, -0.2) is 0 Å². The van der Waals surface area contributed by atoms with E-state index in [1.54, 1.807) is 25.3 Å². The second kappa shape index (κ2) is 10.6. The van der Waals surface area contributed by atoms with E-state index in [0.29, 0.717) is 19.3 Å². The third kappa shape index (κ3) is 6.20. The lowest BCUT2D eigenvalue weighted by molar-refractivity contribution is -0.129. The van der Waals surface area contributed by atoms with Gasteiger partial charge in [0.15, 0.2) is 0 Å². The Morgan fingerprint density at radius 2 is 2.10 bits per heavy atom. The Bertz CT molecular complexity index is 811. The number of nitrogens with zero attached hydrogens (tertiary/aromatic N) is 1. The molecule has 6 N–H and O–H groups in total. The van der Waals surface area contributed by atoms with E-state index in [9.17, 15) is 19.5 Å². The predicted octanol–water partition coefficient (Wildman–Crippen LogP) is 1.03. The summed E-state index contributed by atoms with van der Waals surface area (Å²) < 4.78 is 0. The first-order valence-corrected chi connectivity index (χ1v) is 10.2. The van der Waals surface area contributed by atoms with E-state index in [2.05, 4.69) is 27.9 Å². The molecule has 0 fully saturated rings. The quantitative estimate of drug-likeness (QED) is 0.361. The third-order valence-electron chi connectivity index (χ3n) is 5.17. The van der Waals surface area contributed by atoms with Gasteiger partial charge in [-0.3, -0.25) is 19.4 Å². The van der Waals surface area contributed by atoms with E-state index < -0.39 is 23.9 Å². The highest BCUT2D eigenvalue weighted by Crippen LogP contribution is 2.39. The van der Waals surface area contributed by atoms with Crippen LogP contribution in [0.25, 0.3) is 0 Å². The molecule has 0 spiro atoms. The number of benzene rings is 1. The highest BCUT2D eigenvalue weighted by Gasteiger charge is 2.28. The number of phenolic OH excluding ortho intramolecular Hbond substituents is 1. The van der Waals surface area contributed by atoms with Crippen molar-refractivity contribution >= 4 is 29.6 Å². The van der Waals surface area contributed by atoms with Crippen LogP contribution in [-0.4, -0.2) is 53.7 Å². The van der Waals surface area contributed by atoms with Gasteiger partial charge in [0.2, 0.25) is 17.7 Å². The Morgan fingerprint density at radius 3 is 2.77 bits per heavy atom. The predicted molar refractivity (Wildman–Crippen MR) is 116 cm³/mol. The Morgan fingerprint density at radius 1 is 1.37 bits per heavy atom. The maximum absolute atomic E-state index is 12.2.